The number of aromatic nitrogens is 6. The highest BCUT2D eigenvalue weighted by Crippen LogP contribution is 2.33. The van der Waals surface area contributed by atoms with Crippen LogP contribution in [0.5, 0.6) is 0 Å². The van der Waals surface area contributed by atoms with Gasteiger partial charge >= 0.3 is 0 Å². The van der Waals surface area contributed by atoms with Crippen LogP contribution in [0, 0.1) is 0 Å². The standard InChI is InChI=1S/C20H21ClN6OS/c1-2-3-4-18-22-17(19(21)27(18)12-28)9-13-5-7-14(8-6-13)15-10-29-11-16(15)20-23-25-26-24-20/h5-8,10-11,28H,2-4,9,12H2,1H3,(H,23,24,25,26). The lowest BCUT2D eigenvalue weighted by Gasteiger charge is -2.05. The molecule has 9 heteroatoms. The second-order valence-corrected chi connectivity index (χ2v) is 7.85. The zero-order valence-corrected chi connectivity index (χ0v) is 17.5. The van der Waals surface area contributed by atoms with Gasteiger partial charge in [0.15, 0.2) is 0 Å². The van der Waals surface area contributed by atoms with E-state index >= 15 is 0 Å². The molecule has 0 radical (unpaired) electrons. The van der Waals surface area contributed by atoms with Crippen LogP contribution in [0.4, 0.5) is 0 Å². The van der Waals surface area contributed by atoms with Gasteiger partial charge in [-0.1, -0.05) is 49.2 Å². The number of nitrogens with one attached hydrogen (secondary N) is 1. The van der Waals surface area contributed by atoms with Gasteiger partial charge in [-0.2, -0.15) is 16.6 Å². The molecule has 0 atom stereocenters. The molecule has 0 amide bonds. The molecule has 29 heavy (non-hydrogen) atoms. The maximum absolute atomic E-state index is 9.65. The van der Waals surface area contributed by atoms with Gasteiger partial charge in [0.1, 0.15) is 17.7 Å². The Morgan fingerprint density at radius 2 is 1.97 bits per heavy atom. The summed E-state index contributed by atoms with van der Waals surface area (Å²) in [7, 11) is 0. The third kappa shape index (κ3) is 4.10. The van der Waals surface area contributed by atoms with Crippen molar-refractivity contribution in [1.82, 2.24) is 30.2 Å². The van der Waals surface area contributed by atoms with Gasteiger partial charge in [0.05, 0.1) is 5.69 Å². The summed E-state index contributed by atoms with van der Waals surface area (Å²) in [5.41, 5.74) is 5.03. The quantitative estimate of drug-likeness (QED) is 0.435. The van der Waals surface area contributed by atoms with Gasteiger partial charge in [-0.25, -0.2) is 4.98 Å². The highest BCUT2D eigenvalue weighted by molar-refractivity contribution is 7.08. The van der Waals surface area contributed by atoms with Crippen LogP contribution in [0.15, 0.2) is 35.0 Å². The maximum atomic E-state index is 9.65. The number of hydrogen-bond donors (Lipinski definition) is 2. The minimum Gasteiger partial charge on any atom is -0.376 e. The molecule has 150 valence electrons. The van der Waals surface area contributed by atoms with Crippen LogP contribution in [0.1, 0.15) is 36.8 Å². The zero-order chi connectivity index (χ0) is 20.2. The smallest absolute Gasteiger partial charge is 0.206 e. The Kier molecular flexibility index (Phi) is 6.03. The first-order chi connectivity index (χ1) is 14.2. The van der Waals surface area contributed by atoms with Crippen molar-refractivity contribution in [3.05, 3.63) is 57.3 Å². The second-order valence-electron chi connectivity index (χ2n) is 6.75. The molecule has 0 saturated carbocycles. The summed E-state index contributed by atoms with van der Waals surface area (Å²) in [6, 6.07) is 8.31. The number of H-pyrrole nitrogens is 1. The Labute approximate surface area is 177 Å². The van der Waals surface area contributed by atoms with Crippen molar-refractivity contribution >= 4 is 22.9 Å². The van der Waals surface area contributed by atoms with E-state index in [2.05, 4.69) is 62.2 Å². The number of nitrogens with zero attached hydrogens (tertiary/aromatic N) is 5. The summed E-state index contributed by atoms with van der Waals surface area (Å²) in [6.45, 7) is 1.98. The van der Waals surface area contributed by atoms with Crippen molar-refractivity contribution < 1.29 is 5.11 Å². The van der Waals surface area contributed by atoms with Crippen molar-refractivity contribution in [2.75, 3.05) is 0 Å². The van der Waals surface area contributed by atoms with Gasteiger partial charge in [-0.3, -0.25) is 4.57 Å². The number of aliphatic hydroxyl groups excluding tert-OH is 1. The van der Waals surface area contributed by atoms with Gasteiger partial charge < -0.3 is 5.11 Å². The molecule has 2 N–H and O–H groups in total. The Hall–Kier alpha value is -2.55. The summed E-state index contributed by atoms with van der Waals surface area (Å²) >= 11 is 8.07. The number of hydrogen-bond acceptors (Lipinski definition) is 6. The van der Waals surface area contributed by atoms with E-state index in [4.69, 9.17) is 11.6 Å². The van der Waals surface area contributed by atoms with E-state index in [9.17, 15) is 5.11 Å². The van der Waals surface area contributed by atoms with Crippen molar-refractivity contribution in [3.63, 3.8) is 0 Å². The Balaban J connectivity index is 1.56. The summed E-state index contributed by atoms with van der Waals surface area (Å²) in [5, 5.41) is 28.6. The molecule has 4 rings (SSSR count). The molecule has 0 aliphatic carbocycles. The molecule has 0 unspecified atom stereocenters. The molecule has 0 spiro atoms. The van der Waals surface area contributed by atoms with Crippen LogP contribution >= 0.6 is 22.9 Å². The molecule has 3 heterocycles. The lowest BCUT2D eigenvalue weighted by atomic mass is 10.0. The normalized spacial score (nSPS) is 11.3. The van der Waals surface area contributed by atoms with Gasteiger partial charge in [-0.05, 0) is 28.1 Å². The number of aliphatic hydroxyl groups is 1. The van der Waals surface area contributed by atoms with Crippen LogP contribution in [0.3, 0.4) is 0 Å². The summed E-state index contributed by atoms with van der Waals surface area (Å²) in [4.78, 5) is 4.68. The second kappa shape index (κ2) is 8.86. The average molecular weight is 429 g/mol. The lowest BCUT2D eigenvalue weighted by Crippen LogP contribution is -2.03. The topological polar surface area (TPSA) is 92.5 Å². The van der Waals surface area contributed by atoms with Crippen molar-refractivity contribution in [2.45, 2.75) is 39.3 Å². The van der Waals surface area contributed by atoms with E-state index in [0.717, 1.165) is 53.0 Å². The molecule has 7 nitrogen and oxygen atoms in total. The molecule has 1 aromatic carbocycles. The van der Waals surface area contributed by atoms with E-state index in [1.165, 1.54) is 0 Å². The number of aromatic amines is 1. The molecule has 4 aromatic rings. The number of halogens is 1. The lowest BCUT2D eigenvalue weighted by molar-refractivity contribution is 0.206. The summed E-state index contributed by atoms with van der Waals surface area (Å²) in [6.07, 6.45) is 3.52. The van der Waals surface area contributed by atoms with Crippen LogP contribution in [-0.2, 0) is 19.6 Å². The van der Waals surface area contributed by atoms with Gasteiger partial charge in [0.25, 0.3) is 0 Å². The van der Waals surface area contributed by atoms with Crippen LogP contribution < -0.4 is 0 Å². The van der Waals surface area contributed by atoms with Crippen molar-refractivity contribution in [2.24, 2.45) is 0 Å². The number of thiophene rings is 1. The van der Waals surface area contributed by atoms with Crippen molar-refractivity contribution in [3.8, 4) is 22.5 Å². The predicted octanol–water partition coefficient (Wildman–Crippen LogP) is 4.33. The third-order valence-corrected chi connectivity index (χ3v) is 6.00. The molecule has 0 saturated heterocycles. The molecule has 0 bridgehead atoms. The largest absolute Gasteiger partial charge is 0.376 e. The summed E-state index contributed by atoms with van der Waals surface area (Å²) in [5.74, 6) is 1.43. The van der Waals surface area contributed by atoms with Gasteiger partial charge in [0, 0.05) is 29.3 Å². The number of imidazole rings is 1. The van der Waals surface area contributed by atoms with Crippen LogP contribution in [0.2, 0.25) is 5.15 Å². The molecular formula is C20H21ClN6OS. The highest BCUT2D eigenvalue weighted by atomic mass is 35.5. The first kappa shape index (κ1) is 19.8. The number of aryl methyl sites for hydroxylation is 1. The predicted molar refractivity (Wildman–Crippen MR) is 114 cm³/mol. The average Bonchev–Trinajstić information content (AvgIpc) is 3.48. The van der Waals surface area contributed by atoms with E-state index in [0.29, 0.717) is 17.4 Å². The first-order valence-electron chi connectivity index (χ1n) is 9.45. The molecule has 0 fully saturated rings. The fraction of sp³-hybridized carbons (Fsp3) is 0.300. The van der Waals surface area contributed by atoms with E-state index in [1.54, 1.807) is 15.9 Å². The molecule has 0 aliphatic heterocycles. The Morgan fingerprint density at radius 1 is 1.17 bits per heavy atom. The van der Waals surface area contributed by atoms with E-state index in [-0.39, 0.29) is 6.73 Å². The van der Waals surface area contributed by atoms with Gasteiger partial charge in [0.2, 0.25) is 5.82 Å². The number of unbranched alkanes of at least 4 members (excludes halogenated alkanes) is 1. The minimum atomic E-state index is -0.152. The zero-order valence-electron chi connectivity index (χ0n) is 16.0. The SMILES string of the molecule is CCCCc1nc(Cc2ccc(-c3cscc3-c3nn[nH]n3)cc2)c(Cl)n1CO. The van der Waals surface area contributed by atoms with Crippen LogP contribution in [0.25, 0.3) is 22.5 Å². The van der Waals surface area contributed by atoms with E-state index < -0.39 is 0 Å². The van der Waals surface area contributed by atoms with Crippen LogP contribution in [-0.4, -0.2) is 35.3 Å². The Morgan fingerprint density at radius 3 is 2.66 bits per heavy atom. The third-order valence-electron chi connectivity index (χ3n) is 4.83. The number of tetrazole rings is 1. The molecular weight excluding hydrogens is 408 g/mol. The maximum Gasteiger partial charge on any atom is 0.206 e. The first-order valence-corrected chi connectivity index (χ1v) is 10.8. The minimum absolute atomic E-state index is 0.152. The fourth-order valence-electron chi connectivity index (χ4n) is 3.28. The van der Waals surface area contributed by atoms with Crippen molar-refractivity contribution in [1.29, 1.82) is 0 Å². The van der Waals surface area contributed by atoms with E-state index in [1.807, 2.05) is 5.38 Å². The van der Waals surface area contributed by atoms with Gasteiger partial charge in [-0.15, -0.1) is 10.2 Å². The number of rotatable bonds is 8. The Bertz CT molecular complexity index is 1070. The highest BCUT2D eigenvalue weighted by Gasteiger charge is 2.16. The number of benzene rings is 1. The molecule has 3 aromatic heterocycles. The monoisotopic (exact) mass is 428 g/mol. The summed E-state index contributed by atoms with van der Waals surface area (Å²) < 4.78 is 1.68. The fourth-order valence-corrected chi connectivity index (χ4v) is 4.37. The molecule has 0 aliphatic rings.